The molecule has 6 nitrogen and oxygen atoms in total. The molecule has 0 fully saturated rings. The van der Waals surface area contributed by atoms with E-state index in [0.717, 1.165) is 0 Å². The van der Waals surface area contributed by atoms with Crippen LogP contribution in [0.2, 0.25) is 0 Å². The van der Waals surface area contributed by atoms with Gasteiger partial charge >= 0.3 is 5.97 Å². The molecular weight excluding hydrogens is 294 g/mol. The number of aliphatic carboxylic acids is 1. The number of sulfonamides is 1. The number of hydrogen-bond acceptors (Lipinski definition) is 4. The molecule has 0 amide bonds. The average molecular weight is 315 g/mol. The number of rotatable bonds is 9. The van der Waals surface area contributed by atoms with Gasteiger partial charge in [0.25, 0.3) is 0 Å². The van der Waals surface area contributed by atoms with E-state index in [2.05, 4.69) is 4.72 Å². The minimum atomic E-state index is -3.61. The van der Waals surface area contributed by atoms with Crippen molar-refractivity contribution in [2.75, 3.05) is 12.4 Å². The fourth-order valence-corrected chi connectivity index (χ4v) is 2.84. The summed E-state index contributed by atoms with van der Waals surface area (Å²) in [7, 11) is -3.61. The maximum absolute atomic E-state index is 12.0. The second-order valence-electron chi connectivity index (χ2n) is 4.92. The molecule has 0 saturated carbocycles. The summed E-state index contributed by atoms with van der Waals surface area (Å²) in [6.45, 7) is 3.70. The molecule has 118 valence electrons. The minimum Gasteiger partial charge on any atom is -0.481 e. The summed E-state index contributed by atoms with van der Waals surface area (Å²) < 4.78 is 31.6. The van der Waals surface area contributed by atoms with Crippen molar-refractivity contribution in [1.29, 1.82) is 0 Å². The first kappa shape index (κ1) is 17.6. The second kappa shape index (κ2) is 8.11. The molecule has 0 aliphatic heterocycles. The topological polar surface area (TPSA) is 92.7 Å². The molecular formula is C14H21NO5S. The highest BCUT2D eigenvalue weighted by Crippen LogP contribution is 2.17. The summed E-state index contributed by atoms with van der Waals surface area (Å²) in [5, 5.41) is 8.93. The Labute approximate surface area is 125 Å². The van der Waals surface area contributed by atoms with E-state index < -0.39 is 22.0 Å². The van der Waals surface area contributed by atoms with Crippen LogP contribution in [0, 0.1) is 0 Å². The van der Waals surface area contributed by atoms with E-state index in [4.69, 9.17) is 9.84 Å². The van der Waals surface area contributed by atoms with Crippen LogP contribution in [-0.2, 0) is 19.6 Å². The lowest BCUT2D eigenvalue weighted by Gasteiger charge is -2.18. The highest BCUT2D eigenvalue weighted by atomic mass is 32.2. The Kier molecular flexibility index (Phi) is 6.80. The molecule has 1 atom stereocenters. The third-order valence-electron chi connectivity index (χ3n) is 2.71. The zero-order valence-corrected chi connectivity index (χ0v) is 13.0. The van der Waals surface area contributed by atoms with E-state index in [0.29, 0.717) is 5.56 Å². The normalized spacial score (nSPS) is 13.3. The number of carbonyl (C=O) groups is 1. The van der Waals surface area contributed by atoms with Crippen molar-refractivity contribution in [3.05, 3.63) is 35.9 Å². The summed E-state index contributed by atoms with van der Waals surface area (Å²) >= 11 is 0. The monoisotopic (exact) mass is 315 g/mol. The van der Waals surface area contributed by atoms with Gasteiger partial charge in [-0.15, -0.1) is 0 Å². The molecule has 0 saturated heterocycles. The first-order valence-electron chi connectivity index (χ1n) is 6.68. The van der Waals surface area contributed by atoms with Gasteiger partial charge in [0.15, 0.2) is 0 Å². The predicted octanol–water partition coefficient (Wildman–Crippen LogP) is 1.55. The van der Waals surface area contributed by atoms with Crippen LogP contribution in [0.5, 0.6) is 0 Å². The van der Waals surface area contributed by atoms with E-state index in [1.807, 2.05) is 13.8 Å². The summed E-state index contributed by atoms with van der Waals surface area (Å²) in [5.41, 5.74) is 0.619. The van der Waals surface area contributed by atoms with Gasteiger partial charge in [-0.1, -0.05) is 30.3 Å². The number of ether oxygens (including phenoxy) is 1. The van der Waals surface area contributed by atoms with Crippen LogP contribution in [-0.4, -0.2) is 38.0 Å². The number of carboxylic acid groups (broad SMARTS) is 1. The Balaban J connectivity index is 2.74. The number of carboxylic acids is 1. The maximum Gasteiger partial charge on any atom is 0.305 e. The van der Waals surface area contributed by atoms with Gasteiger partial charge in [0, 0.05) is 0 Å². The van der Waals surface area contributed by atoms with Crippen molar-refractivity contribution in [2.24, 2.45) is 0 Å². The zero-order chi connectivity index (χ0) is 15.9. The van der Waals surface area contributed by atoms with Crippen LogP contribution in [0.15, 0.2) is 30.3 Å². The molecule has 0 bridgehead atoms. The fourth-order valence-electron chi connectivity index (χ4n) is 1.76. The molecule has 1 aromatic rings. The molecule has 1 unspecified atom stereocenters. The number of benzene rings is 1. The Hall–Kier alpha value is -1.44. The first-order valence-corrected chi connectivity index (χ1v) is 8.34. The van der Waals surface area contributed by atoms with Gasteiger partial charge in [-0.25, -0.2) is 13.1 Å². The average Bonchev–Trinajstić information content (AvgIpc) is 2.37. The lowest BCUT2D eigenvalue weighted by Crippen LogP contribution is -2.33. The van der Waals surface area contributed by atoms with E-state index in [-0.39, 0.29) is 24.9 Å². The first-order chi connectivity index (χ1) is 9.80. The van der Waals surface area contributed by atoms with Crippen LogP contribution >= 0.6 is 0 Å². The Morgan fingerprint density at radius 1 is 1.29 bits per heavy atom. The van der Waals surface area contributed by atoms with Gasteiger partial charge in [-0.2, -0.15) is 0 Å². The molecule has 21 heavy (non-hydrogen) atoms. The molecule has 0 heterocycles. The van der Waals surface area contributed by atoms with Crippen LogP contribution < -0.4 is 4.72 Å². The van der Waals surface area contributed by atoms with Gasteiger partial charge in [0.05, 0.1) is 30.9 Å². The molecule has 0 spiro atoms. The molecule has 0 radical (unpaired) electrons. The molecule has 1 rings (SSSR count). The van der Waals surface area contributed by atoms with E-state index in [1.165, 1.54) is 0 Å². The van der Waals surface area contributed by atoms with Gasteiger partial charge in [0.2, 0.25) is 10.0 Å². The minimum absolute atomic E-state index is 0.0517. The quantitative estimate of drug-likeness (QED) is 0.721. The van der Waals surface area contributed by atoms with Crippen molar-refractivity contribution in [1.82, 2.24) is 4.72 Å². The Bertz CT molecular complexity index is 542. The third-order valence-corrected chi connectivity index (χ3v) is 4.05. The van der Waals surface area contributed by atoms with Crippen LogP contribution in [0.4, 0.5) is 0 Å². The van der Waals surface area contributed by atoms with Crippen molar-refractivity contribution in [3.63, 3.8) is 0 Å². The highest BCUT2D eigenvalue weighted by Gasteiger charge is 2.21. The van der Waals surface area contributed by atoms with Crippen molar-refractivity contribution >= 4 is 16.0 Å². The van der Waals surface area contributed by atoms with Crippen molar-refractivity contribution in [3.8, 4) is 0 Å². The van der Waals surface area contributed by atoms with Gasteiger partial charge < -0.3 is 9.84 Å². The number of hydrogen-bond donors (Lipinski definition) is 2. The van der Waals surface area contributed by atoms with Gasteiger partial charge in [-0.3, -0.25) is 4.79 Å². The molecule has 0 aliphatic carbocycles. The lowest BCUT2D eigenvalue weighted by molar-refractivity contribution is -0.137. The molecule has 0 aromatic heterocycles. The summed E-state index contributed by atoms with van der Waals surface area (Å²) in [6, 6.07) is 7.86. The van der Waals surface area contributed by atoms with Crippen LogP contribution in [0.25, 0.3) is 0 Å². The van der Waals surface area contributed by atoms with E-state index in [1.54, 1.807) is 30.3 Å². The molecule has 1 aromatic carbocycles. The van der Waals surface area contributed by atoms with Crippen LogP contribution in [0.3, 0.4) is 0 Å². The smallest absolute Gasteiger partial charge is 0.305 e. The Morgan fingerprint density at radius 3 is 2.43 bits per heavy atom. The van der Waals surface area contributed by atoms with Gasteiger partial charge in [0.1, 0.15) is 0 Å². The van der Waals surface area contributed by atoms with E-state index in [9.17, 15) is 13.2 Å². The summed E-state index contributed by atoms with van der Waals surface area (Å²) in [5.74, 6) is -1.27. The third kappa shape index (κ3) is 7.22. The summed E-state index contributed by atoms with van der Waals surface area (Å²) in [6.07, 6.45) is -0.363. The largest absolute Gasteiger partial charge is 0.481 e. The van der Waals surface area contributed by atoms with Crippen molar-refractivity contribution < 1.29 is 23.1 Å². The SMILES string of the molecule is CC(C)OCCS(=O)(=O)NC(CC(=O)O)c1ccccc1. The lowest BCUT2D eigenvalue weighted by atomic mass is 10.1. The maximum atomic E-state index is 12.0. The second-order valence-corrected chi connectivity index (χ2v) is 6.79. The fraction of sp³-hybridized carbons (Fsp3) is 0.500. The standard InChI is InChI=1S/C14H21NO5S/c1-11(2)20-8-9-21(18,19)15-13(10-14(16)17)12-6-4-3-5-7-12/h3-7,11,13,15H,8-10H2,1-2H3,(H,16,17). The molecule has 7 heteroatoms. The van der Waals surface area contributed by atoms with Gasteiger partial charge in [-0.05, 0) is 19.4 Å². The number of nitrogens with one attached hydrogen (secondary N) is 1. The molecule has 2 N–H and O–H groups in total. The van der Waals surface area contributed by atoms with E-state index >= 15 is 0 Å². The van der Waals surface area contributed by atoms with Crippen molar-refractivity contribution in [2.45, 2.75) is 32.4 Å². The Morgan fingerprint density at radius 2 is 1.90 bits per heavy atom. The highest BCUT2D eigenvalue weighted by molar-refractivity contribution is 7.89. The zero-order valence-electron chi connectivity index (χ0n) is 12.2. The summed E-state index contributed by atoms with van der Waals surface area (Å²) in [4.78, 5) is 10.9. The predicted molar refractivity (Wildman–Crippen MR) is 79.4 cm³/mol. The van der Waals surface area contributed by atoms with Crippen LogP contribution in [0.1, 0.15) is 31.9 Å². The molecule has 0 aliphatic rings.